The second kappa shape index (κ2) is 9.09. The number of aliphatic hydroxyl groups is 1. The molecule has 2 rings (SSSR count). The maximum absolute atomic E-state index is 11.8. The zero-order valence-electron chi connectivity index (χ0n) is 15.5. The molecule has 0 aliphatic carbocycles. The number of hydrogen-bond acceptors (Lipinski definition) is 4. The zero-order chi connectivity index (χ0) is 17.7. The summed E-state index contributed by atoms with van der Waals surface area (Å²) in [7, 11) is 7.28. The average molecular weight is 366 g/mol. The summed E-state index contributed by atoms with van der Waals surface area (Å²) < 4.78 is 10.7. The van der Waals surface area contributed by atoms with E-state index in [4.69, 9.17) is 9.47 Å². The minimum absolute atomic E-state index is 0. The molecule has 0 fully saturated rings. The Kier molecular flexibility index (Phi) is 7.74. The minimum Gasteiger partial charge on any atom is -0.497 e. The Bertz CT molecular complexity index is 628. The number of hydrogen-bond donors (Lipinski definition) is 1. The molecule has 1 atom stereocenters. The van der Waals surface area contributed by atoms with Gasteiger partial charge in [-0.15, -0.1) is 12.4 Å². The highest BCUT2D eigenvalue weighted by molar-refractivity contribution is 5.85. The molecule has 0 saturated carbocycles. The topological polar surface area (TPSA) is 41.9 Å². The molecular formula is C20H28ClNO3. The molecule has 0 radical (unpaired) electrons. The van der Waals surface area contributed by atoms with Crippen molar-refractivity contribution in [2.75, 3.05) is 34.9 Å². The summed E-state index contributed by atoms with van der Waals surface area (Å²) in [5, 5.41) is 11.8. The predicted octanol–water partition coefficient (Wildman–Crippen LogP) is 3.56. The Morgan fingerprint density at radius 1 is 0.960 bits per heavy atom. The highest BCUT2D eigenvalue weighted by Crippen LogP contribution is 2.39. The third-order valence-electron chi connectivity index (χ3n) is 4.37. The molecular weight excluding hydrogens is 338 g/mol. The monoisotopic (exact) mass is 365 g/mol. The van der Waals surface area contributed by atoms with Gasteiger partial charge in [0.25, 0.3) is 0 Å². The largest absolute Gasteiger partial charge is 0.497 e. The molecule has 1 N–H and O–H groups in total. The normalized spacial score (nSPS) is 12.4. The molecule has 1 unspecified atom stereocenters. The van der Waals surface area contributed by atoms with Gasteiger partial charge in [0.1, 0.15) is 17.1 Å². The Morgan fingerprint density at radius 3 is 1.76 bits per heavy atom. The smallest absolute Gasteiger partial charge is 0.119 e. The molecule has 0 spiro atoms. The van der Waals surface area contributed by atoms with Crippen LogP contribution in [-0.2, 0) is 5.60 Å². The molecule has 0 saturated heterocycles. The lowest BCUT2D eigenvalue weighted by Crippen LogP contribution is -2.40. The van der Waals surface area contributed by atoms with Crippen molar-refractivity contribution in [3.05, 3.63) is 59.7 Å². The first-order chi connectivity index (χ1) is 11.4. The first kappa shape index (κ1) is 21.3. The van der Waals surface area contributed by atoms with Crippen molar-refractivity contribution < 1.29 is 14.6 Å². The second-order valence-electron chi connectivity index (χ2n) is 6.39. The van der Waals surface area contributed by atoms with Crippen molar-refractivity contribution in [3.8, 4) is 11.5 Å². The van der Waals surface area contributed by atoms with E-state index in [1.165, 1.54) is 0 Å². The first-order valence-electron chi connectivity index (χ1n) is 8.08. The van der Waals surface area contributed by atoms with Crippen LogP contribution in [0, 0.1) is 5.92 Å². The van der Waals surface area contributed by atoms with E-state index in [2.05, 4.69) is 11.8 Å². The van der Waals surface area contributed by atoms with Gasteiger partial charge in [0.15, 0.2) is 0 Å². The van der Waals surface area contributed by atoms with Gasteiger partial charge in [-0.1, -0.05) is 31.2 Å². The van der Waals surface area contributed by atoms with Crippen molar-refractivity contribution in [2.24, 2.45) is 5.92 Å². The maximum Gasteiger partial charge on any atom is 0.119 e. The van der Waals surface area contributed by atoms with E-state index < -0.39 is 5.60 Å². The van der Waals surface area contributed by atoms with Crippen molar-refractivity contribution in [2.45, 2.75) is 12.5 Å². The average Bonchev–Trinajstić information content (AvgIpc) is 2.60. The number of benzene rings is 2. The van der Waals surface area contributed by atoms with Gasteiger partial charge in [-0.25, -0.2) is 0 Å². The summed E-state index contributed by atoms with van der Waals surface area (Å²) in [6, 6.07) is 15.2. The van der Waals surface area contributed by atoms with Crippen LogP contribution in [0.25, 0.3) is 0 Å². The van der Waals surface area contributed by atoms with Crippen molar-refractivity contribution in [3.63, 3.8) is 0 Å². The first-order valence-corrected chi connectivity index (χ1v) is 8.08. The number of methoxy groups -OCH3 is 2. The summed E-state index contributed by atoms with van der Waals surface area (Å²) in [6.45, 7) is 2.80. The predicted molar refractivity (Wildman–Crippen MR) is 104 cm³/mol. The molecule has 5 heteroatoms. The van der Waals surface area contributed by atoms with E-state index in [0.717, 1.165) is 29.2 Å². The fraction of sp³-hybridized carbons (Fsp3) is 0.400. The van der Waals surface area contributed by atoms with Crippen LogP contribution in [0.4, 0.5) is 0 Å². The fourth-order valence-electron chi connectivity index (χ4n) is 3.14. The quantitative estimate of drug-likeness (QED) is 0.814. The molecule has 0 aliphatic rings. The van der Waals surface area contributed by atoms with Crippen molar-refractivity contribution in [1.29, 1.82) is 0 Å². The summed E-state index contributed by atoms with van der Waals surface area (Å²) in [6.07, 6.45) is 0. The van der Waals surface area contributed by atoms with E-state index in [1.54, 1.807) is 14.2 Å². The van der Waals surface area contributed by atoms with E-state index in [-0.39, 0.29) is 18.3 Å². The van der Waals surface area contributed by atoms with E-state index in [9.17, 15) is 5.11 Å². The van der Waals surface area contributed by atoms with Crippen molar-refractivity contribution in [1.82, 2.24) is 4.90 Å². The molecule has 25 heavy (non-hydrogen) atoms. The molecule has 0 amide bonds. The number of halogens is 1. The van der Waals surface area contributed by atoms with Crippen molar-refractivity contribution >= 4 is 12.4 Å². The highest BCUT2D eigenvalue weighted by Gasteiger charge is 2.38. The summed E-state index contributed by atoms with van der Waals surface area (Å²) in [5.74, 6) is 1.42. The zero-order valence-corrected chi connectivity index (χ0v) is 16.3. The standard InChI is InChI=1S/C20H27NO3.ClH/c1-15(14-21(2)3)20(22,16-8-6-10-18(12-16)23-4)17-9-7-11-19(13-17)24-5;/h6-13,15,22H,14H2,1-5H3;1H. The molecule has 138 valence electrons. The van der Waals surface area contributed by atoms with Crippen LogP contribution in [0.5, 0.6) is 11.5 Å². The van der Waals surface area contributed by atoms with Gasteiger partial charge in [-0.3, -0.25) is 0 Å². The highest BCUT2D eigenvalue weighted by atomic mass is 35.5. The summed E-state index contributed by atoms with van der Waals surface area (Å²) in [4.78, 5) is 2.08. The number of rotatable bonds is 7. The van der Waals surface area contributed by atoms with Crippen LogP contribution < -0.4 is 9.47 Å². The molecule has 4 nitrogen and oxygen atoms in total. The van der Waals surface area contributed by atoms with Gasteiger partial charge < -0.3 is 19.5 Å². The molecule has 0 bridgehead atoms. The van der Waals surface area contributed by atoms with Crippen LogP contribution in [-0.4, -0.2) is 44.9 Å². The molecule has 0 heterocycles. The number of nitrogens with zero attached hydrogens (tertiary/aromatic N) is 1. The minimum atomic E-state index is -1.15. The number of ether oxygens (including phenoxy) is 2. The van der Waals surface area contributed by atoms with Gasteiger partial charge in [0.05, 0.1) is 14.2 Å². The maximum atomic E-state index is 11.8. The molecule has 2 aromatic rings. The van der Waals surface area contributed by atoms with Crippen LogP contribution in [0.1, 0.15) is 18.1 Å². The fourth-order valence-corrected chi connectivity index (χ4v) is 3.14. The lowest BCUT2D eigenvalue weighted by molar-refractivity contribution is 0.0131. The second-order valence-corrected chi connectivity index (χ2v) is 6.39. The van der Waals surface area contributed by atoms with Gasteiger partial charge in [-0.05, 0) is 49.5 Å². The molecule has 0 aromatic heterocycles. The lowest BCUT2D eigenvalue weighted by Gasteiger charge is -2.37. The lowest BCUT2D eigenvalue weighted by atomic mass is 9.76. The Hall–Kier alpha value is -1.75. The SMILES string of the molecule is COc1cccc(C(O)(c2cccc(OC)c2)C(C)CN(C)C)c1.Cl. The Morgan fingerprint density at radius 2 is 1.40 bits per heavy atom. The Labute approximate surface area is 156 Å². The third-order valence-corrected chi connectivity index (χ3v) is 4.37. The van der Waals surface area contributed by atoms with Gasteiger partial charge >= 0.3 is 0 Å². The van der Waals surface area contributed by atoms with Crippen LogP contribution in [0.15, 0.2) is 48.5 Å². The Balaban J connectivity index is 0.00000312. The molecule has 2 aromatic carbocycles. The van der Waals surface area contributed by atoms with Gasteiger partial charge in [0.2, 0.25) is 0 Å². The van der Waals surface area contributed by atoms with E-state index in [1.807, 2.05) is 62.6 Å². The molecule has 0 aliphatic heterocycles. The van der Waals surface area contributed by atoms with Gasteiger partial charge in [0, 0.05) is 12.5 Å². The third kappa shape index (κ3) is 4.66. The van der Waals surface area contributed by atoms with Gasteiger partial charge in [-0.2, -0.15) is 0 Å². The van der Waals surface area contributed by atoms with Crippen LogP contribution in [0.2, 0.25) is 0 Å². The van der Waals surface area contributed by atoms with E-state index >= 15 is 0 Å². The van der Waals surface area contributed by atoms with E-state index in [0.29, 0.717) is 0 Å². The summed E-state index contributed by atoms with van der Waals surface area (Å²) in [5.41, 5.74) is 0.474. The van der Waals surface area contributed by atoms with Crippen LogP contribution in [0.3, 0.4) is 0 Å². The van der Waals surface area contributed by atoms with Crippen LogP contribution >= 0.6 is 12.4 Å². The summed E-state index contributed by atoms with van der Waals surface area (Å²) >= 11 is 0.